The summed E-state index contributed by atoms with van der Waals surface area (Å²) in [5.41, 5.74) is 1.12. The second-order valence-electron chi connectivity index (χ2n) is 4.88. The van der Waals surface area contributed by atoms with Gasteiger partial charge in [-0.1, -0.05) is 26.2 Å². The minimum Gasteiger partial charge on any atom is -0.353 e. The quantitative estimate of drug-likeness (QED) is 0.845. The van der Waals surface area contributed by atoms with Gasteiger partial charge in [0.25, 0.3) is 0 Å². The fourth-order valence-electron chi connectivity index (χ4n) is 2.50. The van der Waals surface area contributed by atoms with E-state index in [-0.39, 0.29) is 0 Å². The lowest BCUT2D eigenvalue weighted by Crippen LogP contribution is -2.24. The van der Waals surface area contributed by atoms with Gasteiger partial charge < -0.3 is 9.88 Å². The normalized spacial score (nSPS) is 17.6. The van der Waals surface area contributed by atoms with E-state index in [0.29, 0.717) is 6.04 Å². The van der Waals surface area contributed by atoms with Crippen LogP contribution < -0.4 is 5.32 Å². The highest BCUT2D eigenvalue weighted by atomic mass is 15.2. The maximum Gasteiger partial charge on any atom is 0.203 e. The molecule has 3 nitrogen and oxygen atoms in total. The summed E-state index contributed by atoms with van der Waals surface area (Å²) in [7, 11) is 0. The van der Waals surface area contributed by atoms with Crippen LogP contribution in [-0.2, 0) is 6.54 Å². The molecule has 1 saturated carbocycles. The molecular formula is C13H23N3. The zero-order chi connectivity index (χ0) is 11.4. The van der Waals surface area contributed by atoms with Gasteiger partial charge in [-0.25, -0.2) is 4.98 Å². The van der Waals surface area contributed by atoms with E-state index in [1.165, 1.54) is 32.1 Å². The SMILES string of the molecule is CCCn1cc(C)nc1NC1CCCCC1. The summed E-state index contributed by atoms with van der Waals surface area (Å²) in [4.78, 5) is 4.58. The number of aromatic nitrogens is 2. The van der Waals surface area contributed by atoms with Gasteiger partial charge >= 0.3 is 0 Å². The van der Waals surface area contributed by atoms with Gasteiger partial charge in [0.2, 0.25) is 5.95 Å². The minimum atomic E-state index is 0.645. The van der Waals surface area contributed by atoms with Crippen LogP contribution in [0.4, 0.5) is 5.95 Å². The number of aryl methyl sites for hydroxylation is 2. The van der Waals surface area contributed by atoms with Crippen molar-refractivity contribution in [3.8, 4) is 0 Å². The molecule has 16 heavy (non-hydrogen) atoms. The first kappa shape index (κ1) is 11.5. The molecule has 0 atom stereocenters. The van der Waals surface area contributed by atoms with Crippen LogP contribution in [-0.4, -0.2) is 15.6 Å². The summed E-state index contributed by atoms with van der Waals surface area (Å²) >= 11 is 0. The van der Waals surface area contributed by atoms with Crippen molar-refractivity contribution in [3.05, 3.63) is 11.9 Å². The van der Waals surface area contributed by atoms with Crippen molar-refractivity contribution in [1.82, 2.24) is 9.55 Å². The summed E-state index contributed by atoms with van der Waals surface area (Å²) in [5.74, 6) is 1.08. The first-order chi connectivity index (χ1) is 7.79. The molecule has 1 aromatic rings. The zero-order valence-corrected chi connectivity index (χ0v) is 10.5. The highest BCUT2D eigenvalue weighted by Gasteiger charge is 2.15. The Morgan fingerprint density at radius 2 is 2.12 bits per heavy atom. The summed E-state index contributed by atoms with van der Waals surface area (Å²) in [5, 5.41) is 3.61. The van der Waals surface area contributed by atoms with Gasteiger partial charge in [-0.05, 0) is 26.2 Å². The van der Waals surface area contributed by atoms with E-state index in [1.54, 1.807) is 0 Å². The van der Waals surface area contributed by atoms with Gasteiger partial charge in [-0.3, -0.25) is 0 Å². The standard InChI is InChI=1S/C13H23N3/c1-3-9-16-10-11(2)14-13(16)15-12-7-5-4-6-8-12/h10,12H,3-9H2,1-2H3,(H,14,15). The van der Waals surface area contributed by atoms with Crippen LogP contribution in [0.15, 0.2) is 6.20 Å². The average Bonchev–Trinajstić information content (AvgIpc) is 2.61. The van der Waals surface area contributed by atoms with Gasteiger partial charge in [0.05, 0.1) is 5.69 Å². The average molecular weight is 221 g/mol. The maximum absolute atomic E-state index is 4.58. The minimum absolute atomic E-state index is 0.645. The molecule has 90 valence electrons. The largest absolute Gasteiger partial charge is 0.353 e. The Morgan fingerprint density at radius 1 is 1.38 bits per heavy atom. The molecule has 0 aromatic carbocycles. The van der Waals surface area contributed by atoms with Crippen LogP contribution in [0.1, 0.15) is 51.1 Å². The van der Waals surface area contributed by atoms with Gasteiger partial charge in [0, 0.05) is 18.8 Å². The number of nitrogens with one attached hydrogen (secondary N) is 1. The molecule has 1 heterocycles. The van der Waals surface area contributed by atoms with E-state index < -0.39 is 0 Å². The van der Waals surface area contributed by atoms with Crippen molar-refractivity contribution in [2.75, 3.05) is 5.32 Å². The van der Waals surface area contributed by atoms with Gasteiger partial charge in [0.1, 0.15) is 0 Å². The lowest BCUT2D eigenvalue weighted by molar-refractivity contribution is 0.458. The fraction of sp³-hybridized carbons (Fsp3) is 0.769. The molecule has 1 aliphatic rings. The van der Waals surface area contributed by atoms with Gasteiger partial charge in [0.15, 0.2) is 0 Å². The van der Waals surface area contributed by atoms with E-state index in [1.807, 2.05) is 0 Å². The summed E-state index contributed by atoms with van der Waals surface area (Å²) in [6.45, 7) is 5.34. The molecule has 0 spiro atoms. The van der Waals surface area contributed by atoms with Crippen molar-refractivity contribution in [2.24, 2.45) is 0 Å². The molecule has 1 aliphatic carbocycles. The number of hydrogen-bond donors (Lipinski definition) is 1. The van der Waals surface area contributed by atoms with Crippen LogP contribution in [0.5, 0.6) is 0 Å². The Balaban J connectivity index is 2.01. The molecular weight excluding hydrogens is 198 g/mol. The summed E-state index contributed by atoms with van der Waals surface area (Å²) in [6.07, 6.45) is 10.1. The van der Waals surface area contributed by atoms with Crippen molar-refractivity contribution >= 4 is 5.95 Å². The number of nitrogens with zero attached hydrogens (tertiary/aromatic N) is 2. The molecule has 3 heteroatoms. The second kappa shape index (κ2) is 5.37. The number of hydrogen-bond acceptors (Lipinski definition) is 2. The van der Waals surface area contributed by atoms with Gasteiger partial charge in [-0.15, -0.1) is 0 Å². The molecule has 0 amide bonds. The van der Waals surface area contributed by atoms with Crippen LogP contribution in [0.25, 0.3) is 0 Å². The third kappa shape index (κ3) is 2.77. The smallest absolute Gasteiger partial charge is 0.203 e. The Hall–Kier alpha value is -0.990. The highest BCUT2D eigenvalue weighted by Crippen LogP contribution is 2.21. The third-order valence-corrected chi connectivity index (χ3v) is 3.30. The molecule has 1 N–H and O–H groups in total. The van der Waals surface area contributed by atoms with E-state index in [0.717, 1.165) is 24.6 Å². The van der Waals surface area contributed by atoms with E-state index in [9.17, 15) is 0 Å². The fourth-order valence-corrected chi connectivity index (χ4v) is 2.50. The Morgan fingerprint density at radius 3 is 2.81 bits per heavy atom. The Bertz CT molecular complexity index is 324. The monoisotopic (exact) mass is 221 g/mol. The maximum atomic E-state index is 4.58. The van der Waals surface area contributed by atoms with Crippen LogP contribution in [0, 0.1) is 6.92 Å². The topological polar surface area (TPSA) is 29.9 Å². The second-order valence-corrected chi connectivity index (χ2v) is 4.88. The summed E-state index contributed by atoms with van der Waals surface area (Å²) in [6, 6.07) is 0.645. The molecule has 0 aliphatic heterocycles. The number of imidazole rings is 1. The third-order valence-electron chi connectivity index (χ3n) is 3.30. The van der Waals surface area contributed by atoms with Crippen LogP contribution in [0.3, 0.4) is 0 Å². The summed E-state index contributed by atoms with van der Waals surface area (Å²) < 4.78 is 2.25. The first-order valence-electron chi connectivity index (χ1n) is 6.60. The lowest BCUT2D eigenvalue weighted by Gasteiger charge is -2.23. The van der Waals surface area contributed by atoms with Crippen molar-refractivity contribution in [3.63, 3.8) is 0 Å². The van der Waals surface area contributed by atoms with Crippen molar-refractivity contribution in [2.45, 2.75) is 65.0 Å². The number of anilines is 1. The predicted octanol–water partition coefficient (Wildman–Crippen LogP) is 3.35. The van der Waals surface area contributed by atoms with Crippen LogP contribution >= 0.6 is 0 Å². The first-order valence-corrected chi connectivity index (χ1v) is 6.60. The lowest BCUT2D eigenvalue weighted by atomic mass is 9.96. The molecule has 0 radical (unpaired) electrons. The predicted molar refractivity (Wildman–Crippen MR) is 67.8 cm³/mol. The van der Waals surface area contributed by atoms with Crippen molar-refractivity contribution < 1.29 is 0 Å². The van der Waals surface area contributed by atoms with E-state index in [4.69, 9.17) is 0 Å². The zero-order valence-electron chi connectivity index (χ0n) is 10.5. The molecule has 0 bridgehead atoms. The molecule has 1 aromatic heterocycles. The molecule has 0 saturated heterocycles. The molecule has 1 fully saturated rings. The van der Waals surface area contributed by atoms with Gasteiger partial charge in [-0.2, -0.15) is 0 Å². The molecule has 2 rings (SSSR count). The van der Waals surface area contributed by atoms with Crippen molar-refractivity contribution in [1.29, 1.82) is 0 Å². The molecule has 0 unspecified atom stereocenters. The number of rotatable bonds is 4. The van der Waals surface area contributed by atoms with Crippen LogP contribution in [0.2, 0.25) is 0 Å². The Labute approximate surface area is 98.3 Å². The van der Waals surface area contributed by atoms with E-state index in [2.05, 4.69) is 34.9 Å². The highest BCUT2D eigenvalue weighted by molar-refractivity contribution is 5.30. The Kier molecular flexibility index (Phi) is 3.86. The van der Waals surface area contributed by atoms with E-state index >= 15 is 0 Å².